The maximum Gasteiger partial charge on any atom is 0.0248 e. The van der Waals surface area contributed by atoms with Crippen LogP contribution in [0.1, 0.15) is 26.7 Å². The second-order valence-corrected chi connectivity index (χ2v) is 2.77. The van der Waals surface area contributed by atoms with Crippen molar-refractivity contribution in [2.24, 2.45) is 0 Å². The van der Waals surface area contributed by atoms with Crippen LogP contribution in [0.5, 0.6) is 0 Å². The van der Waals surface area contributed by atoms with E-state index in [0.717, 1.165) is 0 Å². The summed E-state index contributed by atoms with van der Waals surface area (Å²) in [7, 11) is 0. The second-order valence-electron chi connectivity index (χ2n) is 2.77. The van der Waals surface area contributed by atoms with Gasteiger partial charge in [0, 0.05) is 6.04 Å². The van der Waals surface area contributed by atoms with Gasteiger partial charge in [0.1, 0.15) is 0 Å². The van der Waals surface area contributed by atoms with Crippen molar-refractivity contribution < 1.29 is 0 Å². The SMILES string of the molecule is CC1=CCCCNC1C. The van der Waals surface area contributed by atoms with E-state index in [9.17, 15) is 0 Å². The number of rotatable bonds is 0. The molecule has 52 valence electrons. The normalized spacial score (nSPS) is 29.1. The molecule has 0 bridgehead atoms. The fourth-order valence-electron chi connectivity index (χ4n) is 1.09. The van der Waals surface area contributed by atoms with E-state index < -0.39 is 0 Å². The Hall–Kier alpha value is -0.300. The van der Waals surface area contributed by atoms with Crippen molar-refractivity contribution >= 4 is 0 Å². The molecule has 1 nitrogen and oxygen atoms in total. The van der Waals surface area contributed by atoms with E-state index in [4.69, 9.17) is 0 Å². The van der Waals surface area contributed by atoms with Gasteiger partial charge < -0.3 is 5.32 Å². The van der Waals surface area contributed by atoms with Crippen LogP contribution in [0.15, 0.2) is 11.6 Å². The fourth-order valence-corrected chi connectivity index (χ4v) is 1.09. The van der Waals surface area contributed by atoms with Crippen molar-refractivity contribution in [3.8, 4) is 0 Å². The quantitative estimate of drug-likeness (QED) is 0.486. The summed E-state index contributed by atoms with van der Waals surface area (Å²) in [4.78, 5) is 0. The molecule has 0 saturated heterocycles. The Bertz CT molecular complexity index is 116. The Kier molecular flexibility index (Phi) is 2.29. The topological polar surface area (TPSA) is 12.0 Å². The number of hydrogen-bond donors (Lipinski definition) is 1. The van der Waals surface area contributed by atoms with Crippen molar-refractivity contribution in [1.82, 2.24) is 5.32 Å². The van der Waals surface area contributed by atoms with Crippen LogP contribution in [0.25, 0.3) is 0 Å². The lowest BCUT2D eigenvalue weighted by Gasteiger charge is -2.09. The van der Waals surface area contributed by atoms with Gasteiger partial charge in [0.2, 0.25) is 0 Å². The van der Waals surface area contributed by atoms with E-state index in [1.54, 1.807) is 0 Å². The summed E-state index contributed by atoms with van der Waals surface area (Å²) in [5, 5.41) is 3.43. The molecule has 0 aromatic rings. The average Bonchev–Trinajstić information content (AvgIpc) is 1.99. The van der Waals surface area contributed by atoms with Gasteiger partial charge >= 0.3 is 0 Å². The summed E-state index contributed by atoms with van der Waals surface area (Å²) in [5.74, 6) is 0. The van der Waals surface area contributed by atoms with Gasteiger partial charge in [0.25, 0.3) is 0 Å². The van der Waals surface area contributed by atoms with Crippen LogP contribution in [-0.4, -0.2) is 12.6 Å². The molecule has 1 aliphatic rings. The minimum Gasteiger partial charge on any atom is -0.311 e. The van der Waals surface area contributed by atoms with E-state index in [1.807, 2.05) is 0 Å². The summed E-state index contributed by atoms with van der Waals surface area (Å²) < 4.78 is 0. The fraction of sp³-hybridized carbons (Fsp3) is 0.750. The number of allylic oxidation sites excluding steroid dienone is 1. The number of nitrogens with one attached hydrogen (secondary N) is 1. The molecule has 0 aliphatic carbocycles. The standard InChI is InChI=1S/C8H15N/c1-7-5-3-4-6-9-8(7)2/h5,8-9H,3-4,6H2,1-2H3. The summed E-state index contributed by atoms with van der Waals surface area (Å²) in [6.45, 7) is 5.59. The molecule has 0 aromatic heterocycles. The van der Waals surface area contributed by atoms with E-state index in [2.05, 4.69) is 25.2 Å². The molecule has 0 aromatic carbocycles. The molecule has 9 heavy (non-hydrogen) atoms. The van der Waals surface area contributed by atoms with Gasteiger partial charge in [-0.1, -0.05) is 11.6 Å². The van der Waals surface area contributed by atoms with Crippen LogP contribution in [0.2, 0.25) is 0 Å². The third kappa shape index (κ3) is 1.83. The van der Waals surface area contributed by atoms with Gasteiger partial charge in [0.15, 0.2) is 0 Å². The van der Waals surface area contributed by atoms with E-state index in [-0.39, 0.29) is 0 Å². The van der Waals surface area contributed by atoms with Crippen molar-refractivity contribution in [1.29, 1.82) is 0 Å². The van der Waals surface area contributed by atoms with Crippen LogP contribution in [0.3, 0.4) is 0 Å². The van der Waals surface area contributed by atoms with Crippen molar-refractivity contribution in [3.63, 3.8) is 0 Å². The molecule has 1 unspecified atom stereocenters. The minimum atomic E-state index is 0.604. The predicted molar refractivity (Wildman–Crippen MR) is 40.5 cm³/mol. The summed E-state index contributed by atoms with van der Waals surface area (Å²) in [6.07, 6.45) is 4.88. The summed E-state index contributed by atoms with van der Waals surface area (Å²) >= 11 is 0. The molecule has 1 heteroatoms. The summed E-state index contributed by atoms with van der Waals surface area (Å²) in [5.41, 5.74) is 1.49. The Labute approximate surface area is 57.1 Å². The molecular weight excluding hydrogens is 110 g/mol. The molecule has 1 heterocycles. The highest BCUT2D eigenvalue weighted by Gasteiger charge is 2.04. The Morgan fingerprint density at radius 1 is 1.67 bits per heavy atom. The van der Waals surface area contributed by atoms with Crippen LogP contribution in [-0.2, 0) is 0 Å². The highest BCUT2D eigenvalue weighted by atomic mass is 14.9. The predicted octanol–water partition coefficient (Wildman–Crippen LogP) is 1.70. The zero-order valence-electron chi connectivity index (χ0n) is 6.28. The smallest absolute Gasteiger partial charge is 0.0248 e. The van der Waals surface area contributed by atoms with Crippen LogP contribution < -0.4 is 5.32 Å². The molecule has 0 spiro atoms. The first kappa shape index (κ1) is 6.81. The first-order valence-corrected chi connectivity index (χ1v) is 3.71. The zero-order chi connectivity index (χ0) is 6.69. The van der Waals surface area contributed by atoms with Gasteiger partial charge in [-0.25, -0.2) is 0 Å². The van der Waals surface area contributed by atoms with Gasteiger partial charge in [-0.05, 0) is 33.2 Å². The minimum absolute atomic E-state index is 0.604. The largest absolute Gasteiger partial charge is 0.311 e. The highest BCUT2D eigenvalue weighted by Crippen LogP contribution is 2.07. The average molecular weight is 125 g/mol. The van der Waals surface area contributed by atoms with Crippen molar-refractivity contribution in [2.75, 3.05) is 6.54 Å². The lowest BCUT2D eigenvalue weighted by molar-refractivity contribution is 0.611. The molecule has 0 radical (unpaired) electrons. The lowest BCUT2D eigenvalue weighted by Crippen LogP contribution is -2.26. The van der Waals surface area contributed by atoms with Gasteiger partial charge in [-0.2, -0.15) is 0 Å². The molecule has 0 amide bonds. The van der Waals surface area contributed by atoms with E-state index in [1.165, 1.54) is 25.0 Å². The first-order chi connectivity index (χ1) is 4.30. The zero-order valence-corrected chi connectivity index (χ0v) is 6.28. The van der Waals surface area contributed by atoms with Crippen LogP contribution in [0, 0.1) is 0 Å². The van der Waals surface area contributed by atoms with E-state index in [0.29, 0.717) is 6.04 Å². The number of hydrogen-bond acceptors (Lipinski definition) is 1. The Morgan fingerprint density at radius 3 is 3.22 bits per heavy atom. The molecule has 0 fully saturated rings. The van der Waals surface area contributed by atoms with Gasteiger partial charge in [0.05, 0.1) is 0 Å². The molecule has 0 saturated carbocycles. The maximum atomic E-state index is 3.43. The highest BCUT2D eigenvalue weighted by molar-refractivity contribution is 5.07. The van der Waals surface area contributed by atoms with Crippen molar-refractivity contribution in [3.05, 3.63) is 11.6 Å². The summed E-state index contributed by atoms with van der Waals surface area (Å²) in [6, 6.07) is 0.604. The van der Waals surface area contributed by atoms with Gasteiger partial charge in [-0.3, -0.25) is 0 Å². The van der Waals surface area contributed by atoms with E-state index >= 15 is 0 Å². The van der Waals surface area contributed by atoms with Crippen LogP contribution >= 0.6 is 0 Å². The lowest BCUT2D eigenvalue weighted by atomic mass is 10.1. The second kappa shape index (κ2) is 3.02. The molecule has 1 aliphatic heterocycles. The maximum absolute atomic E-state index is 3.43. The third-order valence-corrected chi connectivity index (χ3v) is 1.98. The molecular formula is C8H15N. The molecule has 1 atom stereocenters. The first-order valence-electron chi connectivity index (χ1n) is 3.71. The third-order valence-electron chi connectivity index (χ3n) is 1.98. The monoisotopic (exact) mass is 125 g/mol. The molecule has 1 rings (SSSR count). The Morgan fingerprint density at radius 2 is 2.44 bits per heavy atom. The van der Waals surface area contributed by atoms with Crippen molar-refractivity contribution in [2.45, 2.75) is 32.7 Å². The van der Waals surface area contributed by atoms with Gasteiger partial charge in [-0.15, -0.1) is 0 Å². The molecule has 1 N–H and O–H groups in total. The van der Waals surface area contributed by atoms with Crippen LogP contribution in [0.4, 0.5) is 0 Å². The Balaban J connectivity index is 2.51.